The van der Waals surface area contributed by atoms with Gasteiger partial charge in [0, 0.05) is 11.5 Å². The number of hydrogen-bond donors (Lipinski definition) is 2. The molecule has 1 amide bonds. The highest BCUT2D eigenvalue weighted by Gasteiger charge is 2.36. The lowest BCUT2D eigenvalue weighted by Crippen LogP contribution is -2.47. The molecule has 0 aromatic heterocycles. The van der Waals surface area contributed by atoms with Gasteiger partial charge in [0.1, 0.15) is 0 Å². The first-order chi connectivity index (χ1) is 7.64. The predicted molar refractivity (Wildman–Crippen MR) is 64.9 cm³/mol. The summed E-state index contributed by atoms with van der Waals surface area (Å²) in [4.78, 5) is 12.2. The van der Waals surface area contributed by atoms with Gasteiger partial charge in [-0.3, -0.25) is 4.79 Å². The summed E-state index contributed by atoms with van der Waals surface area (Å²) in [6, 6.07) is 0. The fraction of sp³-hybridized carbons (Fsp3) is 0.923. The summed E-state index contributed by atoms with van der Waals surface area (Å²) in [7, 11) is 0. The number of nitrogens with two attached hydrogens (primary N) is 1. The molecule has 2 rings (SSSR count). The molecule has 2 unspecified atom stereocenters. The van der Waals surface area contributed by atoms with Crippen molar-refractivity contribution in [2.45, 2.75) is 57.4 Å². The molecule has 2 aliphatic carbocycles. The lowest BCUT2D eigenvalue weighted by molar-refractivity contribution is -0.127. The molecule has 2 saturated carbocycles. The first-order valence-electron chi connectivity index (χ1n) is 6.67. The van der Waals surface area contributed by atoms with E-state index < -0.39 is 0 Å². The quantitative estimate of drug-likeness (QED) is 0.768. The molecule has 2 fully saturated rings. The van der Waals surface area contributed by atoms with E-state index in [1.807, 2.05) is 0 Å². The van der Waals surface area contributed by atoms with Crippen molar-refractivity contribution in [3.63, 3.8) is 0 Å². The molecule has 3 heteroatoms. The van der Waals surface area contributed by atoms with E-state index in [9.17, 15) is 4.79 Å². The molecule has 0 bridgehead atoms. The Kier molecular flexibility index (Phi) is 3.53. The highest BCUT2D eigenvalue weighted by molar-refractivity contribution is 5.80. The second kappa shape index (κ2) is 4.74. The summed E-state index contributed by atoms with van der Waals surface area (Å²) in [5.74, 6) is 0.866. The monoisotopic (exact) mass is 224 g/mol. The van der Waals surface area contributed by atoms with Crippen LogP contribution in [0.3, 0.4) is 0 Å². The van der Waals surface area contributed by atoms with E-state index in [0.717, 1.165) is 32.1 Å². The van der Waals surface area contributed by atoms with Crippen molar-refractivity contribution in [3.05, 3.63) is 0 Å². The highest BCUT2D eigenvalue weighted by Crippen LogP contribution is 2.34. The van der Waals surface area contributed by atoms with Crippen LogP contribution in [0, 0.1) is 11.8 Å². The summed E-state index contributed by atoms with van der Waals surface area (Å²) < 4.78 is 0. The van der Waals surface area contributed by atoms with Crippen LogP contribution in [0.5, 0.6) is 0 Å². The van der Waals surface area contributed by atoms with Crippen molar-refractivity contribution in [3.8, 4) is 0 Å². The molecule has 0 radical (unpaired) electrons. The zero-order chi connectivity index (χ0) is 11.6. The summed E-state index contributed by atoms with van der Waals surface area (Å²) in [6.07, 6.45) is 8.10. The zero-order valence-corrected chi connectivity index (χ0v) is 10.3. The first kappa shape index (κ1) is 11.9. The van der Waals surface area contributed by atoms with Crippen molar-refractivity contribution >= 4 is 5.91 Å². The Morgan fingerprint density at radius 2 is 2.00 bits per heavy atom. The van der Waals surface area contributed by atoms with Crippen LogP contribution in [0.15, 0.2) is 0 Å². The lowest BCUT2D eigenvalue weighted by Gasteiger charge is -2.28. The van der Waals surface area contributed by atoms with Crippen LogP contribution in [0.2, 0.25) is 0 Å². The number of carbonyl (C=O) groups is 1. The smallest absolute Gasteiger partial charge is 0.223 e. The molecule has 16 heavy (non-hydrogen) atoms. The molecule has 0 heterocycles. The van der Waals surface area contributed by atoms with Gasteiger partial charge in [0.25, 0.3) is 0 Å². The van der Waals surface area contributed by atoms with E-state index in [0.29, 0.717) is 12.5 Å². The van der Waals surface area contributed by atoms with Gasteiger partial charge in [-0.25, -0.2) is 0 Å². The van der Waals surface area contributed by atoms with Crippen molar-refractivity contribution in [2.75, 3.05) is 6.54 Å². The second-order valence-corrected chi connectivity index (χ2v) is 5.79. The van der Waals surface area contributed by atoms with Crippen LogP contribution >= 0.6 is 0 Å². The van der Waals surface area contributed by atoms with Gasteiger partial charge in [0.05, 0.1) is 0 Å². The summed E-state index contributed by atoms with van der Waals surface area (Å²) in [5.41, 5.74) is 5.79. The van der Waals surface area contributed by atoms with E-state index in [-0.39, 0.29) is 17.4 Å². The van der Waals surface area contributed by atoms with E-state index in [4.69, 9.17) is 5.73 Å². The second-order valence-electron chi connectivity index (χ2n) is 5.79. The third-order valence-electron chi connectivity index (χ3n) is 4.43. The maximum absolute atomic E-state index is 12.2. The number of amides is 1. The molecule has 2 aliphatic rings. The number of carbonyl (C=O) groups excluding carboxylic acids is 1. The normalized spacial score (nSPS) is 32.9. The largest absolute Gasteiger partial charge is 0.351 e. The first-order valence-corrected chi connectivity index (χ1v) is 6.67. The molecule has 3 nitrogen and oxygen atoms in total. The van der Waals surface area contributed by atoms with Crippen molar-refractivity contribution in [1.82, 2.24) is 5.32 Å². The van der Waals surface area contributed by atoms with E-state index >= 15 is 0 Å². The Morgan fingerprint density at radius 3 is 2.62 bits per heavy atom. The summed E-state index contributed by atoms with van der Waals surface area (Å²) >= 11 is 0. The Balaban J connectivity index is 1.92. The van der Waals surface area contributed by atoms with Crippen molar-refractivity contribution in [1.29, 1.82) is 0 Å². The Bertz CT molecular complexity index is 259. The van der Waals surface area contributed by atoms with Gasteiger partial charge in [0.15, 0.2) is 0 Å². The van der Waals surface area contributed by atoms with Crippen LogP contribution in [-0.4, -0.2) is 18.0 Å². The van der Waals surface area contributed by atoms with Crippen LogP contribution in [0.1, 0.15) is 51.9 Å². The van der Waals surface area contributed by atoms with Crippen LogP contribution < -0.4 is 11.1 Å². The Morgan fingerprint density at radius 1 is 1.31 bits per heavy atom. The molecular weight excluding hydrogens is 200 g/mol. The average Bonchev–Trinajstić information content (AvgIpc) is 2.85. The molecule has 0 spiro atoms. The van der Waals surface area contributed by atoms with Gasteiger partial charge < -0.3 is 11.1 Å². The van der Waals surface area contributed by atoms with Crippen LogP contribution in [0.25, 0.3) is 0 Å². The molecule has 0 aromatic rings. The molecule has 0 saturated heterocycles. The van der Waals surface area contributed by atoms with Crippen molar-refractivity contribution < 1.29 is 4.79 Å². The minimum Gasteiger partial charge on any atom is -0.351 e. The number of nitrogens with one attached hydrogen (secondary N) is 1. The Hall–Kier alpha value is -0.570. The van der Waals surface area contributed by atoms with Gasteiger partial charge in [0.2, 0.25) is 5.91 Å². The average molecular weight is 224 g/mol. The van der Waals surface area contributed by atoms with E-state index in [1.54, 1.807) is 0 Å². The molecule has 0 aliphatic heterocycles. The fourth-order valence-corrected chi connectivity index (χ4v) is 3.33. The minimum absolute atomic E-state index is 0.0683. The summed E-state index contributed by atoms with van der Waals surface area (Å²) in [6.45, 7) is 2.85. The zero-order valence-electron chi connectivity index (χ0n) is 10.3. The molecule has 3 N–H and O–H groups in total. The van der Waals surface area contributed by atoms with Gasteiger partial charge in [-0.2, -0.15) is 0 Å². The van der Waals surface area contributed by atoms with Gasteiger partial charge in [-0.1, -0.05) is 19.3 Å². The maximum atomic E-state index is 12.2. The predicted octanol–water partition coefficient (Wildman–Crippen LogP) is 1.81. The third-order valence-corrected chi connectivity index (χ3v) is 4.43. The van der Waals surface area contributed by atoms with Gasteiger partial charge in [-0.15, -0.1) is 0 Å². The van der Waals surface area contributed by atoms with Crippen molar-refractivity contribution in [2.24, 2.45) is 17.6 Å². The SMILES string of the molecule is CC1(NC(=O)C2CCCC2CN)CCCC1. The van der Waals surface area contributed by atoms with Crippen LogP contribution in [-0.2, 0) is 4.79 Å². The minimum atomic E-state index is 0.0683. The molecule has 0 aromatic carbocycles. The third kappa shape index (κ3) is 2.40. The number of hydrogen-bond acceptors (Lipinski definition) is 2. The molecule has 92 valence electrons. The standard InChI is InChI=1S/C13H24N2O/c1-13(7-2-3-8-13)15-12(16)11-6-4-5-10(11)9-14/h10-11H,2-9,14H2,1H3,(H,15,16). The molecular formula is C13H24N2O. The van der Waals surface area contributed by atoms with Gasteiger partial charge in [-0.05, 0) is 45.1 Å². The topological polar surface area (TPSA) is 55.1 Å². The van der Waals surface area contributed by atoms with E-state index in [1.165, 1.54) is 12.8 Å². The lowest BCUT2D eigenvalue weighted by atomic mass is 9.93. The highest BCUT2D eigenvalue weighted by atomic mass is 16.2. The van der Waals surface area contributed by atoms with Crippen LogP contribution in [0.4, 0.5) is 0 Å². The summed E-state index contributed by atoms with van der Waals surface area (Å²) in [5, 5.41) is 3.27. The maximum Gasteiger partial charge on any atom is 0.223 e. The van der Waals surface area contributed by atoms with E-state index in [2.05, 4.69) is 12.2 Å². The fourth-order valence-electron chi connectivity index (χ4n) is 3.33. The van der Waals surface area contributed by atoms with Gasteiger partial charge >= 0.3 is 0 Å². The molecule has 2 atom stereocenters. The number of rotatable bonds is 3. The Labute approximate surface area is 98.2 Å².